The van der Waals surface area contributed by atoms with E-state index in [1.165, 1.54) is 0 Å². The van der Waals surface area contributed by atoms with Gasteiger partial charge in [-0.1, -0.05) is 0 Å². The Labute approximate surface area is 87.0 Å². The molecule has 0 spiro atoms. The fraction of sp³-hybridized carbons (Fsp3) is 0.625. The van der Waals surface area contributed by atoms with Gasteiger partial charge in [-0.25, -0.2) is 0 Å². The molecule has 0 saturated heterocycles. The van der Waals surface area contributed by atoms with Crippen molar-refractivity contribution >= 4 is 17.8 Å². The Morgan fingerprint density at radius 1 is 1.07 bits per heavy atom. The van der Waals surface area contributed by atoms with Gasteiger partial charge < -0.3 is 21.5 Å². The van der Waals surface area contributed by atoms with Crippen LogP contribution in [0, 0.1) is 0 Å². The maximum absolute atomic E-state index is 11.0. The molecule has 0 aromatic rings. The van der Waals surface area contributed by atoms with E-state index in [1.54, 1.807) is 0 Å². The standard InChI is InChI=1S/C8H15N3O4/c9-3-1-2-6(12)10-4-7(13)11-5-8(14)15/h1-5,9H2,(H,10,12)(H,11,13)(H,14,15). The Hall–Kier alpha value is -1.63. The van der Waals surface area contributed by atoms with Crippen LogP contribution in [0.3, 0.4) is 0 Å². The average Bonchev–Trinajstić information content (AvgIpc) is 2.20. The summed E-state index contributed by atoms with van der Waals surface area (Å²) >= 11 is 0. The van der Waals surface area contributed by atoms with Crippen LogP contribution in [-0.2, 0) is 14.4 Å². The topological polar surface area (TPSA) is 122 Å². The van der Waals surface area contributed by atoms with E-state index < -0.39 is 18.4 Å². The molecule has 0 aromatic heterocycles. The minimum atomic E-state index is -1.13. The summed E-state index contributed by atoms with van der Waals surface area (Å²) in [6, 6.07) is 0. The fourth-order valence-corrected chi connectivity index (χ4v) is 0.767. The first kappa shape index (κ1) is 13.4. The number of rotatable bonds is 7. The Morgan fingerprint density at radius 2 is 1.67 bits per heavy atom. The first-order valence-electron chi connectivity index (χ1n) is 4.51. The third-order valence-electron chi connectivity index (χ3n) is 1.49. The number of carboxylic acids is 1. The first-order chi connectivity index (χ1) is 7.06. The van der Waals surface area contributed by atoms with E-state index in [-0.39, 0.29) is 18.9 Å². The summed E-state index contributed by atoms with van der Waals surface area (Å²) < 4.78 is 0. The highest BCUT2D eigenvalue weighted by atomic mass is 16.4. The zero-order valence-corrected chi connectivity index (χ0v) is 8.28. The molecule has 86 valence electrons. The molecule has 0 atom stereocenters. The number of amides is 2. The molecule has 0 bridgehead atoms. The first-order valence-corrected chi connectivity index (χ1v) is 4.51. The maximum atomic E-state index is 11.0. The van der Waals surface area contributed by atoms with Gasteiger partial charge in [-0.05, 0) is 13.0 Å². The van der Waals surface area contributed by atoms with Crippen LogP contribution < -0.4 is 16.4 Å². The Kier molecular flexibility index (Phi) is 6.90. The van der Waals surface area contributed by atoms with Crippen molar-refractivity contribution in [2.75, 3.05) is 19.6 Å². The van der Waals surface area contributed by atoms with Gasteiger partial charge in [-0.15, -0.1) is 0 Å². The van der Waals surface area contributed by atoms with E-state index in [1.807, 2.05) is 0 Å². The van der Waals surface area contributed by atoms with Crippen molar-refractivity contribution in [1.82, 2.24) is 10.6 Å². The molecule has 0 rings (SSSR count). The highest BCUT2D eigenvalue weighted by Gasteiger charge is 2.05. The zero-order valence-electron chi connectivity index (χ0n) is 8.28. The molecule has 5 N–H and O–H groups in total. The van der Waals surface area contributed by atoms with Gasteiger partial charge in [0, 0.05) is 6.42 Å². The largest absolute Gasteiger partial charge is 0.480 e. The number of carbonyl (C=O) groups excluding carboxylic acids is 2. The molecule has 2 amide bonds. The summed E-state index contributed by atoms with van der Waals surface area (Å²) in [7, 11) is 0. The second-order valence-electron chi connectivity index (χ2n) is 2.84. The van der Waals surface area contributed by atoms with E-state index in [2.05, 4.69) is 10.6 Å². The highest BCUT2D eigenvalue weighted by Crippen LogP contribution is 1.84. The van der Waals surface area contributed by atoms with Crippen LogP contribution in [-0.4, -0.2) is 42.5 Å². The monoisotopic (exact) mass is 217 g/mol. The van der Waals surface area contributed by atoms with Crippen molar-refractivity contribution in [1.29, 1.82) is 0 Å². The second kappa shape index (κ2) is 7.74. The average molecular weight is 217 g/mol. The number of carboxylic acid groups (broad SMARTS) is 1. The molecule has 0 radical (unpaired) electrons. The zero-order chi connectivity index (χ0) is 11.7. The Morgan fingerprint density at radius 3 is 2.20 bits per heavy atom. The molecule has 0 aromatic carbocycles. The van der Waals surface area contributed by atoms with Crippen molar-refractivity contribution in [3.05, 3.63) is 0 Å². The van der Waals surface area contributed by atoms with Crippen LogP contribution in [0.5, 0.6) is 0 Å². The van der Waals surface area contributed by atoms with Gasteiger partial charge >= 0.3 is 5.97 Å². The predicted molar refractivity (Wildman–Crippen MR) is 51.9 cm³/mol. The SMILES string of the molecule is NCCCC(=O)NCC(=O)NCC(=O)O. The third kappa shape index (κ3) is 8.69. The molecule has 7 nitrogen and oxygen atoms in total. The minimum Gasteiger partial charge on any atom is -0.480 e. The molecule has 0 aliphatic rings. The lowest BCUT2D eigenvalue weighted by atomic mass is 10.3. The summed E-state index contributed by atoms with van der Waals surface area (Å²) in [6.07, 6.45) is 0.825. The van der Waals surface area contributed by atoms with Crippen LogP contribution in [0.1, 0.15) is 12.8 Å². The van der Waals surface area contributed by atoms with E-state index >= 15 is 0 Å². The van der Waals surface area contributed by atoms with Gasteiger partial charge in [0.05, 0.1) is 6.54 Å². The van der Waals surface area contributed by atoms with Gasteiger partial charge in [-0.3, -0.25) is 14.4 Å². The van der Waals surface area contributed by atoms with Crippen molar-refractivity contribution in [3.8, 4) is 0 Å². The summed E-state index contributed by atoms with van der Waals surface area (Å²) in [4.78, 5) is 32.0. The lowest BCUT2D eigenvalue weighted by molar-refractivity contribution is -0.137. The van der Waals surface area contributed by atoms with Crippen LogP contribution in [0.25, 0.3) is 0 Å². The third-order valence-corrected chi connectivity index (χ3v) is 1.49. The Balaban J connectivity index is 3.53. The van der Waals surface area contributed by atoms with Crippen molar-refractivity contribution in [2.45, 2.75) is 12.8 Å². The van der Waals surface area contributed by atoms with Gasteiger partial charge in [0.2, 0.25) is 11.8 Å². The van der Waals surface area contributed by atoms with E-state index in [9.17, 15) is 14.4 Å². The van der Waals surface area contributed by atoms with E-state index in [4.69, 9.17) is 10.8 Å². The summed E-state index contributed by atoms with van der Waals surface area (Å²) in [5.41, 5.74) is 5.19. The molecule has 0 saturated carbocycles. The molecular weight excluding hydrogens is 202 g/mol. The molecule has 0 aliphatic heterocycles. The number of hydrogen-bond acceptors (Lipinski definition) is 4. The number of aliphatic carboxylic acids is 1. The molecule has 0 heterocycles. The Bertz CT molecular complexity index is 242. The van der Waals surface area contributed by atoms with Crippen molar-refractivity contribution < 1.29 is 19.5 Å². The van der Waals surface area contributed by atoms with Gasteiger partial charge in [0.25, 0.3) is 0 Å². The fourth-order valence-electron chi connectivity index (χ4n) is 0.767. The molecular formula is C8H15N3O4. The van der Waals surface area contributed by atoms with Gasteiger partial charge in [0.15, 0.2) is 0 Å². The predicted octanol–water partition coefficient (Wildman–Crippen LogP) is -1.96. The van der Waals surface area contributed by atoms with Crippen LogP contribution >= 0.6 is 0 Å². The smallest absolute Gasteiger partial charge is 0.322 e. The minimum absolute atomic E-state index is 0.212. The molecule has 15 heavy (non-hydrogen) atoms. The van der Waals surface area contributed by atoms with Crippen molar-refractivity contribution in [2.24, 2.45) is 5.73 Å². The van der Waals surface area contributed by atoms with Crippen LogP contribution in [0.4, 0.5) is 0 Å². The number of nitrogens with two attached hydrogens (primary N) is 1. The van der Waals surface area contributed by atoms with E-state index in [0.29, 0.717) is 13.0 Å². The lowest BCUT2D eigenvalue weighted by Gasteiger charge is -2.04. The number of hydrogen-bond donors (Lipinski definition) is 4. The molecule has 0 fully saturated rings. The molecule has 0 aliphatic carbocycles. The summed E-state index contributed by atoms with van der Waals surface area (Å²) in [5.74, 6) is -1.93. The summed E-state index contributed by atoms with van der Waals surface area (Å²) in [5, 5.41) is 12.7. The van der Waals surface area contributed by atoms with Crippen LogP contribution in [0.2, 0.25) is 0 Å². The van der Waals surface area contributed by atoms with Crippen molar-refractivity contribution in [3.63, 3.8) is 0 Å². The molecule has 0 unspecified atom stereocenters. The maximum Gasteiger partial charge on any atom is 0.322 e. The molecule has 7 heteroatoms. The normalized spacial score (nSPS) is 9.40. The van der Waals surface area contributed by atoms with Gasteiger partial charge in [0.1, 0.15) is 6.54 Å². The number of carbonyl (C=O) groups is 3. The lowest BCUT2D eigenvalue weighted by Crippen LogP contribution is -2.39. The quantitative estimate of drug-likeness (QED) is 0.394. The van der Waals surface area contributed by atoms with Crippen LogP contribution in [0.15, 0.2) is 0 Å². The highest BCUT2D eigenvalue weighted by molar-refractivity contribution is 5.86. The van der Waals surface area contributed by atoms with Gasteiger partial charge in [-0.2, -0.15) is 0 Å². The summed E-state index contributed by atoms with van der Waals surface area (Å²) in [6.45, 7) is -0.243. The number of nitrogens with one attached hydrogen (secondary N) is 2. The second-order valence-corrected chi connectivity index (χ2v) is 2.84. The van der Waals surface area contributed by atoms with E-state index in [0.717, 1.165) is 0 Å².